The molecule has 192 valence electrons. The number of primary sulfonamides is 1. The normalized spacial score (nSPS) is 19.1. The second-order valence-corrected chi connectivity index (χ2v) is 10.2. The third-order valence-corrected chi connectivity index (χ3v) is 7.57. The second-order valence-electron chi connectivity index (χ2n) is 8.64. The number of rotatable bonds is 7. The van der Waals surface area contributed by atoms with E-state index in [2.05, 4.69) is 12.2 Å². The van der Waals surface area contributed by atoms with Gasteiger partial charge in [0, 0.05) is 11.6 Å². The lowest BCUT2D eigenvalue weighted by Crippen LogP contribution is -2.31. The zero-order chi connectivity index (χ0) is 26.2. The first-order chi connectivity index (χ1) is 17.1. The number of hydrogen-bond acceptors (Lipinski definition) is 8. The van der Waals surface area contributed by atoms with Gasteiger partial charge in [-0.3, -0.25) is 0 Å². The van der Waals surface area contributed by atoms with E-state index in [1.807, 2.05) is 18.2 Å². The molecule has 0 amide bonds. The number of nitrogens with one attached hydrogen (secondary N) is 1. The molecular weight excluding hydrogens is 484 g/mol. The average Bonchev–Trinajstić information content (AvgIpc) is 2.87. The molecule has 0 aromatic heterocycles. The zero-order valence-electron chi connectivity index (χ0n) is 20.7. The summed E-state index contributed by atoms with van der Waals surface area (Å²) < 4.78 is 46.2. The summed E-state index contributed by atoms with van der Waals surface area (Å²) >= 11 is 0. The Morgan fingerprint density at radius 2 is 1.44 bits per heavy atom. The number of anilines is 1. The zero-order valence-corrected chi connectivity index (χ0v) is 21.5. The molecule has 3 aromatic carbocycles. The number of hydrogen-bond donors (Lipinski definition) is 3. The molecule has 10 heteroatoms. The van der Waals surface area contributed by atoms with Crippen LogP contribution in [0.15, 0.2) is 53.4 Å². The van der Waals surface area contributed by atoms with Crippen molar-refractivity contribution in [1.82, 2.24) is 0 Å². The van der Waals surface area contributed by atoms with Crippen molar-refractivity contribution in [3.63, 3.8) is 0 Å². The molecule has 1 aliphatic heterocycles. The molecule has 9 nitrogen and oxygen atoms in total. The molecule has 0 aliphatic carbocycles. The molecule has 0 fully saturated rings. The Morgan fingerprint density at radius 1 is 0.833 bits per heavy atom. The molecule has 1 aliphatic rings. The van der Waals surface area contributed by atoms with Gasteiger partial charge in [-0.05, 0) is 65.1 Å². The number of phenolic OH excluding ortho intramolecular Hbond substituents is 1. The highest BCUT2D eigenvalue weighted by Gasteiger charge is 2.37. The van der Waals surface area contributed by atoms with E-state index in [0.29, 0.717) is 23.0 Å². The predicted octanol–water partition coefficient (Wildman–Crippen LogP) is 4.01. The molecular formula is C26H30N2O7S. The number of phenols is 1. The fraction of sp³-hybridized carbons (Fsp3) is 0.308. The van der Waals surface area contributed by atoms with Crippen LogP contribution in [-0.4, -0.2) is 42.0 Å². The van der Waals surface area contributed by atoms with Crippen LogP contribution in [-0.2, 0) is 10.0 Å². The van der Waals surface area contributed by atoms with E-state index in [1.165, 1.54) is 13.2 Å². The summed E-state index contributed by atoms with van der Waals surface area (Å²) in [5.41, 5.74) is 3.28. The van der Waals surface area contributed by atoms with Crippen molar-refractivity contribution in [1.29, 1.82) is 0 Å². The minimum absolute atomic E-state index is 0.0162. The smallest absolute Gasteiger partial charge is 0.238 e. The van der Waals surface area contributed by atoms with Crippen LogP contribution >= 0.6 is 0 Å². The van der Waals surface area contributed by atoms with Gasteiger partial charge in [-0.1, -0.05) is 13.0 Å². The van der Waals surface area contributed by atoms with Gasteiger partial charge in [0.15, 0.2) is 23.0 Å². The van der Waals surface area contributed by atoms with Crippen LogP contribution in [0.3, 0.4) is 0 Å². The maximum Gasteiger partial charge on any atom is 0.238 e. The van der Waals surface area contributed by atoms with Gasteiger partial charge in [0.1, 0.15) is 0 Å². The third kappa shape index (κ3) is 4.49. The monoisotopic (exact) mass is 514 g/mol. The predicted molar refractivity (Wildman–Crippen MR) is 136 cm³/mol. The molecule has 4 N–H and O–H groups in total. The van der Waals surface area contributed by atoms with Gasteiger partial charge in [-0.2, -0.15) is 0 Å². The number of benzene rings is 3. The summed E-state index contributed by atoms with van der Waals surface area (Å²) in [6.45, 7) is 2.07. The Hall–Kier alpha value is -3.63. The minimum Gasteiger partial charge on any atom is -0.504 e. The molecule has 0 bridgehead atoms. The van der Waals surface area contributed by atoms with E-state index >= 15 is 0 Å². The molecule has 3 aromatic rings. The summed E-state index contributed by atoms with van der Waals surface area (Å²) in [4.78, 5) is 0.0252. The van der Waals surface area contributed by atoms with Gasteiger partial charge in [-0.25, -0.2) is 13.6 Å². The first-order valence-electron chi connectivity index (χ1n) is 11.2. The van der Waals surface area contributed by atoms with Crippen LogP contribution in [0.25, 0.3) is 0 Å². The van der Waals surface area contributed by atoms with Gasteiger partial charge in [0.25, 0.3) is 0 Å². The van der Waals surface area contributed by atoms with Crippen molar-refractivity contribution in [3.05, 3.63) is 65.2 Å². The van der Waals surface area contributed by atoms with Crippen LogP contribution < -0.4 is 29.4 Å². The number of sulfonamides is 1. The topological polar surface area (TPSA) is 129 Å². The molecule has 36 heavy (non-hydrogen) atoms. The third-order valence-electron chi connectivity index (χ3n) is 6.66. The number of nitrogens with two attached hydrogens (primary N) is 1. The van der Waals surface area contributed by atoms with E-state index in [4.69, 9.17) is 24.1 Å². The summed E-state index contributed by atoms with van der Waals surface area (Å²) in [5.74, 6) is 1.53. The lowest BCUT2D eigenvalue weighted by molar-refractivity contribution is 0.322. The van der Waals surface area contributed by atoms with Crippen molar-refractivity contribution in [2.24, 2.45) is 11.1 Å². The number of aromatic hydroxyl groups is 1. The first-order valence-corrected chi connectivity index (χ1v) is 12.8. The lowest BCUT2D eigenvalue weighted by Gasteiger charge is -2.40. The lowest BCUT2D eigenvalue weighted by atomic mass is 9.73. The van der Waals surface area contributed by atoms with Crippen LogP contribution in [0.1, 0.15) is 35.6 Å². The molecule has 3 atom stereocenters. The van der Waals surface area contributed by atoms with Gasteiger partial charge in [-0.15, -0.1) is 0 Å². The van der Waals surface area contributed by atoms with Crippen molar-refractivity contribution < 1.29 is 32.5 Å². The number of methoxy groups -OCH3 is 4. The summed E-state index contributed by atoms with van der Waals surface area (Å²) in [6, 6.07) is 13.5. The Labute approximate surface area is 210 Å². The molecule has 0 spiro atoms. The van der Waals surface area contributed by atoms with Crippen LogP contribution in [0.2, 0.25) is 0 Å². The molecule has 0 saturated carbocycles. The van der Waals surface area contributed by atoms with Gasteiger partial charge < -0.3 is 29.4 Å². The standard InChI is InChI=1S/C26H30N2O7S/c1-14-24(15-6-9-20(29)21(10-15)32-2)18-13-17(36(27,30)31)7-8-19(18)28-25(14)16-11-22(33-3)26(35-5)23(12-16)34-4/h6-14,24-25,28-29H,1-5H3,(H2,27,30,31)/t14-,24+,25-/m0/s1. The van der Waals surface area contributed by atoms with E-state index in [1.54, 1.807) is 45.6 Å². The summed E-state index contributed by atoms with van der Waals surface area (Å²) in [5, 5.41) is 19.2. The van der Waals surface area contributed by atoms with Crippen molar-refractivity contribution in [2.75, 3.05) is 33.8 Å². The largest absolute Gasteiger partial charge is 0.504 e. The second kappa shape index (κ2) is 9.79. The quantitative estimate of drug-likeness (QED) is 0.431. The van der Waals surface area contributed by atoms with E-state index in [0.717, 1.165) is 22.4 Å². The molecule has 0 saturated heterocycles. The van der Waals surface area contributed by atoms with Gasteiger partial charge >= 0.3 is 0 Å². The summed E-state index contributed by atoms with van der Waals surface area (Å²) in [7, 11) is 2.25. The fourth-order valence-electron chi connectivity index (χ4n) is 4.92. The van der Waals surface area contributed by atoms with Crippen LogP contribution in [0.5, 0.6) is 28.7 Å². The highest BCUT2D eigenvalue weighted by molar-refractivity contribution is 7.89. The highest BCUT2D eigenvalue weighted by atomic mass is 32.2. The minimum atomic E-state index is -3.91. The molecule has 0 unspecified atom stereocenters. The van der Waals surface area contributed by atoms with E-state index < -0.39 is 10.0 Å². The maximum atomic E-state index is 12.1. The molecule has 4 rings (SSSR count). The van der Waals surface area contributed by atoms with Gasteiger partial charge in [0.05, 0.1) is 39.4 Å². The highest BCUT2D eigenvalue weighted by Crippen LogP contribution is 2.51. The van der Waals surface area contributed by atoms with Crippen molar-refractivity contribution in [2.45, 2.75) is 23.8 Å². The summed E-state index contributed by atoms with van der Waals surface area (Å²) in [6.07, 6.45) is 0. The van der Waals surface area contributed by atoms with E-state index in [9.17, 15) is 13.5 Å². The van der Waals surface area contributed by atoms with Crippen molar-refractivity contribution >= 4 is 15.7 Å². The Balaban J connectivity index is 1.92. The molecule has 0 radical (unpaired) electrons. The van der Waals surface area contributed by atoms with Crippen LogP contribution in [0, 0.1) is 5.92 Å². The first kappa shape index (κ1) is 25.5. The van der Waals surface area contributed by atoms with Crippen molar-refractivity contribution in [3.8, 4) is 28.7 Å². The van der Waals surface area contributed by atoms with E-state index in [-0.39, 0.29) is 28.5 Å². The number of fused-ring (bicyclic) bond motifs is 1. The average molecular weight is 515 g/mol. The Kier molecular flexibility index (Phi) is 6.92. The van der Waals surface area contributed by atoms with Crippen LogP contribution in [0.4, 0.5) is 5.69 Å². The Bertz CT molecular complexity index is 1370. The van der Waals surface area contributed by atoms with Gasteiger partial charge in [0.2, 0.25) is 15.8 Å². The number of ether oxygens (including phenoxy) is 4. The SMILES string of the molecule is COc1cc([C@@H]2c3cc(S(N)(=O)=O)ccc3N[C@H](c3cc(OC)c(OC)c(OC)c3)[C@H]2C)ccc1O. The Morgan fingerprint density at radius 3 is 2.00 bits per heavy atom. The fourth-order valence-corrected chi connectivity index (χ4v) is 5.47. The maximum absolute atomic E-state index is 12.1. The molecule has 1 heterocycles.